The van der Waals surface area contributed by atoms with Crippen molar-refractivity contribution in [1.82, 2.24) is 0 Å². The summed E-state index contributed by atoms with van der Waals surface area (Å²) in [5.74, 6) is -0.101. The summed E-state index contributed by atoms with van der Waals surface area (Å²) in [6.45, 7) is 6.10. The molecule has 0 amide bonds. The van der Waals surface area contributed by atoms with Crippen LogP contribution in [0, 0.1) is 23.2 Å². The van der Waals surface area contributed by atoms with E-state index in [0.717, 1.165) is 0 Å². The fraction of sp³-hybridized carbons (Fsp3) is 0.900. The van der Waals surface area contributed by atoms with Gasteiger partial charge in [0.1, 0.15) is 5.25 Å². The number of nitrogens with two attached hydrogens (primary N) is 1. The van der Waals surface area contributed by atoms with E-state index in [-0.39, 0.29) is 29.0 Å². The highest BCUT2D eigenvalue weighted by Gasteiger charge is 2.63. The number of Topliss-reactive ketones (excluding diaryl/α,β-unsaturated/α-hetero) is 1. The van der Waals surface area contributed by atoms with Crippen LogP contribution in [0.2, 0.25) is 0 Å². The second-order valence-electron chi connectivity index (χ2n) is 5.47. The molecule has 2 rings (SSSR count). The van der Waals surface area contributed by atoms with Crippen LogP contribution in [0.3, 0.4) is 0 Å². The summed E-state index contributed by atoms with van der Waals surface area (Å²) >= 11 is 0. The quantitative estimate of drug-likeness (QED) is 0.715. The molecule has 4 nitrogen and oxygen atoms in total. The molecule has 5 heteroatoms. The number of hydrogen-bond acceptors (Lipinski definition) is 3. The average Bonchev–Trinajstić information content (AvgIpc) is 2.48. The van der Waals surface area contributed by atoms with Crippen molar-refractivity contribution >= 4 is 15.8 Å². The molecule has 2 N–H and O–H groups in total. The summed E-state index contributed by atoms with van der Waals surface area (Å²) in [7, 11) is -3.73. The molecule has 0 heterocycles. The highest BCUT2D eigenvalue weighted by molar-refractivity contribution is 7.90. The Bertz CT molecular complexity index is 412. The zero-order valence-corrected chi connectivity index (χ0v) is 10.0. The van der Waals surface area contributed by atoms with Gasteiger partial charge in [-0.25, -0.2) is 13.6 Å². The predicted octanol–water partition coefficient (Wildman–Crippen LogP) is 0.525. The highest BCUT2D eigenvalue weighted by atomic mass is 32.2. The van der Waals surface area contributed by atoms with Crippen LogP contribution in [-0.4, -0.2) is 19.5 Å². The van der Waals surface area contributed by atoms with Crippen molar-refractivity contribution in [3.05, 3.63) is 0 Å². The molecule has 2 saturated carbocycles. The van der Waals surface area contributed by atoms with Crippen LogP contribution >= 0.6 is 0 Å². The van der Waals surface area contributed by atoms with Crippen molar-refractivity contribution in [3.8, 4) is 0 Å². The molecule has 0 spiro atoms. The summed E-state index contributed by atoms with van der Waals surface area (Å²) in [4.78, 5) is 11.9. The average molecular weight is 231 g/mol. The molecule has 2 fully saturated rings. The van der Waals surface area contributed by atoms with Gasteiger partial charge in [0.2, 0.25) is 10.0 Å². The lowest BCUT2D eigenvalue weighted by atomic mass is 9.69. The van der Waals surface area contributed by atoms with Gasteiger partial charge in [0, 0.05) is 5.92 Å². The molecular weight excluding hydrogens is 214 g/mol. The first-order chi connectivity index (χ1) is 6.67. The summed E-state index contributed by atoms with van der Waals surface area (Å²) in [5.41, 5.74) is -0.102. The highest BCUT2D eigenvalue weighted by Crippen LogP contribution is 2.58. The van der Waals surface area contributed by atoms with Gasteiger partial charge in [0.15, 0.2) is 5.78 Å². The molecule has 0 aromatic carbocycles. The fourth-order valence-electron chi connectivity index (χ4n) is 3.31. The van der Waals surface area contributed by atoms with Crippen LogP contribution in [0.1, 0.15) is 27.2 Å². The maximum atomic E-state index is 11.9. The van der Waals surface area contributed by atoms with Crippen LogP contribution in [0.25, 0.3) is 0 Å². The first kappa shape index (κ1) is 11.1. The lowest BCUT2D eigenvalue weighted by Crippen LogP contribution is -2.48. The monoisotopic (exact) mass is 231 g/mol. The van der Waals surface area contributed by atoms with E-state index in [0.29, 0.717) is 6.42 Å². The second-order valence-corrected chi connectivity index (χ2v) is 7.16. The molecule has 0 unspecified atom stereocenters. The molecule has 86 valence electrons. The van der Waals surface area contributed by atoms with Crippen LogP contribution in [0.4, 0.5) is 0 Å². The number of rotatable bonds is 1. The van der Waals surface area contributed by atoms with E-state index in [1.165, 1.54) is 0 Å². The van der Waals surface area contributed by atoms with E-state index in [2.05, 4.69) is 0 Å². The molecule has 2 aliphatic carbocycles. The van der Waals surface area contributed by atoms with Gasteiger partial charge in [-0.1, -0.05) is 20.8 Å². The molecule has 0 aromatic heterocycles. The minimum Gasteiger partial charge on any atom is -0.298 e. The van der Waals surface area contributed by atoms with Crippen molar-refractivity contribution in [3.63, 3.8) is 0 Å². The van der Waals surface area contributed by atoms with E-state index >= 15 is 0 Å². The Morgan fingerprint density at radius 1 is 1.40 bits per heavy atom. The van der Waals surface area contributed by atoms with E-state index in [1.807, 2.05) is 20.8 Å². The summed E-state index contributed by atoms with van der Waals surface area (Å²) in [6, 6.07) is 0. The summed E-state index contributed by atoms with van der Waals surface area (Å²) < 4.78 is 22.8. The number of ketones is 1. The van der Waals surface area contributed by atoms with Crippen molar-refractivity contribution < 1.29 is 13.2 Å². The smallest absolute Gasteiger partial charge is 0.219 e. The van der Waals surface area contributed by atoms with Crippen molar-refractivity contribution in [2.45, 2.75) is 32.4 Å². The van der Waals surface area contributed by atoms with Crippen LogP contribution in [0.15, 0.2) is 0 Å². The second kappa shape index (κ2) is 2.83. The van der Waals surface area contributed by atoms with E-state index in [4.69, 9.17) is 5.14 Å². The number of carbonyl (C=O) groups excluding carboxylic acids is 1. The maximum absolute atomic E-state index is 11.9. The number of primary sulfonamides is 1. The maximum Gasteiger partial charge on any atom is 0.219 e. The number of fused-ring (bicyclic) bond motifs is 2. The standard InChI is InChI=1S/C10H17NO3S/c1-5-6-4-7(10(5,2)3)9(8(6)12)15(11,13)14/h5-7,9H,4H2,1-3H3,(H2,11,13,14)/t5-,6-,7+,9+/m1/s1. The molecule has 15 heavy (non-hydrogen) atoms. The molecule has 2 aliphatic rings. The van der Waals surface area contributed by atoms with Crippen LogP contribution in [-0.2, 0) is 14.8 Å². The predicted molar refractivity (Wildman–Crippen MR) is 56.4 cm³/mol. The van der Waals surface area contributed by atoms with Gasteiger partial charge in [-0.3, -0.25) is 4.79 Å². The number of hydrogen-bond donors (Lipinski definition) is 1. The molecule has 2 bridgehead atoms. The SMILES string of the molecule is C[C@@H]1[C@H]2C[C@@H]([C@H](S(N)(=O)=O)C2=O)C1(C)C. The van der Waals surface area contributed by atoms with Gasteiger partial charge in [0.05, 0.1) is 0 Å². The zero-order chi connectivity index (χ0) is 11.6. The molecule has 0 aliphatic heterocycles. The summed E-state index contributed by atoms with van der Waals surface area (Å²) in [5, 5.41) is 4.19. The molecular formula is C10H17NO3S. The Morgan fingerprint density at radius 3 is 2.33 bits per heavy atom. The first-order valence-corrected chi connectivity index (χ1v) is 6.83. The number of carbonyl (C=O) groups is 1. The Labute approximate surface area is 90.3 Å². The Kier molecular flexibility index (Phi) is 2.09. The van der Waals surface area contributed by atoms with E-state index < -0.39 is 15.3 Å². The normalized spacial score (nSPS) is 43.6. The third kappa shape index (κ3) is 1.29. The lowest BCUT2D eigenvalue weighted by Gasteiger charge is -2.38. The molecule has 0 aromatic rings. The Balaban J connectivity index is 2.46. The van der Waals surface area contributed by atoms with Gasteiger partial charge in [-0.2, -0.15) is 0 Å². The van der Waals surface area contributed by atoms with Gasteiger partial charge >= 0.3 is 0 Å². The minimum absolute atomic E-state index is 0.0972. The number of sulfonamides is 1. The summed E-state index contributed by atoms with van der Waals surface area (Å²) in [6.07, 6.45) is 0.689. The first-order valence-electron chi connectivity index (χ1n) is 5.22. The van der Waals surface area contributed by atoms with Crippen molar-refractivity contribution in [1.29, 1.82) is 0 Å². The van der Waals surface area contributed by atoms with Crippen molar-refractivity contribution in [2.24, 2.45) is 28.3 Å². The van der Waals surface area contributed by atoms with Crippen LogP contribution < -0.4 is 5.14 Å². The molecule has 0 radical (unpaired) electrons. The third-order valence-corrected chi connectivity index (χ3v) is 5.87. The lowest BCUT2D eigenvalue weighted by molar-refractivity contribution is -0.125. The molecule has 4 atom stereocenters. The van der Waals surface area contributed by atoms with E-state index in [1.54, 1.807) is 0 Å². The van der Waals surface area contributed by atoms with Crippen molar-refractivity contribution in [2.75, 3.05) is 0 Å². The van der Waals surface area contributed by atoms with Crippen LogP contribution in [0.5, 0.6) is 0 Å². The fourth-order valence-corrected chi connectivity index (χ4v) is 4.73. The van der Waals surface area contributed by atoms with Gasteiger partial charge in [0.25, 0.3) is 0 Å². The largest absolute Gasteiger partial charge is 0.298 e. The van der Waals surface area contributed by atoms with Gasteiger partial charge in [-0.15, -0.1) is 0 Å². The van der Waals surface area contributed by atoms with E-state index in [9.17, 15) is 13.2 Å². The Morgan fingerprint density at radius 2 is 1.93 bits per heavy atom. The third-order valence-electron chi connectivity index (χ3n) is 4.61. The Hall–Kier alpha value is -0.420. The topological polar surface area (TPSA) is 77.2 Å². The van der Waals surface area contributed by atoms with Gasteiger partial charge in [-0.05, 0) is 23.7 Å². The molecule has 0 saturated heterocycles. The van der Waals surface area contributed by atoms with Gasteiger partial charge < -0.3 is 0 Å². The zero-order valence-electron chi connectivity index (χ0n) is 9.23. The minimum atomic E-state index is -3.73.